The maximum absolute atomic E-state index is 8.17. The average Bonchev–Trinajstić information content (AvgIpc) is 2.57. The van der Waals surface area contributed by atoms with Gasteiger partial charge in [0.25, 0.3) is 0 Å². The quantitative estimate of drug-likeness (QED) is 0.400. The predicted molar refractivity (Wildman–Crippen MR) is 99.6 cm³/mol. The molecule has 0 saturated carbocycles. The first-order valence-electron chi connectivity index (χ1n) is 8.49. The molecular weight excluding hydrogens is 331 g/mol. The molecule has 0 bridgehead atoms. The van der Waals surface area contributed by atoms with Crippen LogP contribution in [-0.2, 0) is 4.74 Å². The van der Waals surface area contributed by atoms with Crippen LogP contribution >= 0.6 is 23.2 Å². The number of nitrogens with zero attached hydrogens (tertiary/aromatic N) is 1. The van der Waals surface area contributed by atoms with E-state index in [9.17, 15) is 0 Å². The van der Waals surface area contributed by atoms with Gasteiger partial charge in [-0.15, -0.1) is 11.6 Å². The van der Waals surface area contributed by atoms with Gasteiger partial charge in [-0.1, -0.05) is 17.7 Å². The van der Waals surface area contributed by atoms with E-state index < -0.39 is 0 Å². The van der Waals surface area contributed by atoms with Crippen LogP contribution in [0.5, 0.6) is 0 Å². The molecule has 1 aliphatic heterocycles. The molecule has 1 heterocycles. The van der Waals surface area contributed by atoms with E-state index in [-0.39, 0.29) is 11.8 Å². The maximum Gasteiger partial charge on any atom is 0.188 e. The van der Waals surface area contributed by atoms with E-state index >= 15 is 0 Å². The molecule has 23 heavy (non-hydrogen) atoms. The van der Waals surface area contributed by atoms with Crippen molar-refractivity contribution in [1.29, 1.82) is 5.41 Å². The molecular formula is C18H26Cl2N2O. The van der Waals surface area contributed by atoms with Gasteiger partial charge in [-0.05, 0) is 56.7 Å². The van der Waals surface area contributed by atoms with Crippen LogP contribution in [0, 0.1) is 5.41 Å². The number of benzene rings is 1. The second-order valence-corrected chi connectivity index (χ2v) is 6.72. The highest BCUT2D eigenvalue weighted by Crippen LogP contribution is 2.33. The molecule has 1 aromatic rings. The molecule has 1 N–H and O–H groups in total. The summed E-state index contributed by atoms with van der Waals surface area (Å²) in [5, 5.41) is 8.89. The standard InChI is InChI=1S/C18H26Cl2N2O/c1-2-23-18(21)16(7-6-10-19)15-9-8-14(13-17(15)20)22-11-4-3-5-12-22/h8-9,13,16,21H,2-7,10-12H2,1H3. The fourth-order valence-electron chi connectivity index (χ4n) is 3.11. The first-order valence-corrected chi connectivity index (χ1v) is 9.40. The number of halogens is 2. The summed E-state index contributed by atoms with van der Waals surface area (Å²) in [6, 6.07) is 6.22. The third-order valence-electron chi connectivity index (χ3n) is 4.32. The molecule has 0 aromatic heterocycles. The van der Waals surface area contributed by atoms with Crippen LogP contribution in [0.2, 0.25) is 5.02 Å². The summed E-state index contributed by atoms with van der Waals surface area (Å²) in [6.45, 7) is 4.59. The minimum absolute atomic E-state index is 0.114. The van der Waals surface area contributed by atoms with E-state index in [2.05, 4.69) is 17.0 Å². The molecule has 0 spiro atoms. The Labute approximate surface area is 149 Å². The minimum Gasteiger partial charge on any atom is -0.481 e. The van der Waals surface area contributed by atoms with Crippen LogP contribution in [0.4, 0.5) is 5.69 Å². The summed E-state index contributed by atoms with van der Waals surface area (Å²) in [7, 11) is 0. The predicted octanol–water partition coefficient (Wildman–Crippen LogP) is 5.45. The molecule has 128 valence electrons. The fraction of sp³-hybridized carbons (Fsp3) is 0.611. The van der Waals surface area contributed by atoms with E-state index in [0.717, 1.165) is 36.5 Å². The maximum atomic E-state index is 8.17. The molecule has 1 saturated heterocycles. The van der Waals surface area contributed by atoms with Gasteiger partial charge in [0, 0.05) is 29.7 Å². The average molecular weight is 357 g/mol. The van der Waals surface area contributed by atoms with Gasteiger partial charge in [0.1, 0.15) is 0 Å². The first kappa shape index (κ1) is 18.4. The lowest BCUT2D eigenvalue weighted by atomic mass is 9.93. The molecule has 0 amide bonds. The van der Waals surface area contributed by atoms with E-state index in [1.165, 1.54) is 24.9 Å². The lowest BCUT2D eigenvalue weighted by Crippen LogP contribution is -2.29. The van der Waals surface area contributed by atoms with Crippen molar-refractivity contribution in [1.82, 2.24) is 0 Å². The van der Waals surface area contributed by atoms with Crippen molar-refractivity contribution in [3.8, 4) is 0 Å². The Morgan fingerprint density at radius 1 is 1.30 bits per heavy atom. The van der Waals surface area contributed by atoms with Crippen LogP contribution in [0.15, 0.2) is 18.2 Å². The second kappa shape index (κ2) is 9.39. The SMILES string of the molecule is CCOC(=N)C(CCCCl)c1ccc(N2CCCCC2)cc1Cl. The summed E-state index contributed by atoms with van der Waals surface area (Å²) in [5.41, 5.74) is 2.15. The molecule has 1 atom stereocenters. The lowest BCUT2D eigenvalue weighted by molar-refractivity contribution is 0.305. The third-order valence-corrected chi connectivity index (χ3v) is 4.92. The van der Waals surface area contributed by atoms with Gasteiger partial charge in [0.2, 0.25) is 0 Å². The summed E-state index contributed by atoms with van der Waals surface area (Å²) in [4.78, 5) is 2.39. The Hall–Kier alpha value is -0.930. The summed E-state index contributed by atoms with van der Waals surface area (Å²) in [6.07, 6.45) is 5.42. The number of nitrogens with one attached hydrogen (secondary N) is 1. The normalized spacial score (nSPS) is 16.2. The first-order chi connectivity index (χ1) is 11.2. The van der Waals surface area contributed by atoms with Crippen molar-refractivity contribution in [2.45, 2.75) is 44.9 Å². The highest BCUT2D eigenvalue weighted by molar-refractivity contribution is 6.32. The zero-order valence-corrected chi connectivity index (χ0v) is 15.3. The van der Waals surface area contributed by atoms with Crippen molar-refractivity contribution >= 4 is 34.8 Å². The molecule has 3 nitrogen and oxygen atoms in total. The Bertz CT molecular complexity index is 516. The molecule has 5 heteroatoms. The molecule has 1 aliphatic rings. The number of hydrogen-bond donors (Lipinski definition) is 1. The smallest absolute Gasteiger partial charge is 0.188 e. The van der Waals surface area contributed by atoms with Gasteiger partial charge < -0.3 is 9.64 Å². The van der Waals surface area contributed by atoms with E-state index in [1.54, 1.807) is 0 Å². The van der Waals surface area contributed by atoms with Gasteiger partial charge in [0.15, 0.2) is 5.90 Å². The monoisotopic (exact) mass is 356 g/mol. The van der Waals surface area contributed by atoms with Crippen LogP contribution < -0.4 is 4.90 Å². The Balaban J connectivity index is 2.19. The highest BCUT2D eigenvalue weighted by Gasteiger charge is 2.22. The summed E-state index contributed by atoms with van der Waals surface area (Å²) in [5.74, 6) is 0.751. The summed E-state index contributed by atoms with van der Waals surface area (Å²) < 4.78 is 5.43. The Morgan fingerprint density at radius 3 is 2.65 bits per heavy atom. The molecule has 1 aromatic carbocycles. The van der Waals surface area contributed by atoms with E-state index in [4.69, 9.17) is 33.3 Å². The van der Waals surface area contributed by atoms with Crippen molar-refractivity contribution < 1.29 is 4.74 Å². The van der Waals surface area contributed by atoms with Gasteiger partial charge in [0.05, 0.1) is 12.5 Å². The van der Waals surface area contributed by atoms with Crippen LogP contribution in [0.25, 0.3) is 0 Å². The largest absolute Gasteiger partial charge is 0.481 e. The number of anilines is 1. The topological polar surface area (TPSA) is 36.3 Å². The van der Waals surface area contributed by atoms with Gasteiger partial charge in [-0.25, -0.2) is 0 Å². The van der Waals surface area contributed by atoms with Crippen LogP contribution in [-0.4, -0.2) is 31.5 Å². The molecule has 1 unspecified atom stereocenters. The van der Waals surface area contributed by atoms with Crippen LogP contribution in [0.1, 0.15) is 50.5 Å². The number of rotatable bonds is 7. The summed E-state index contributed by atoms with van der Waals surface area (Å²) >= 11 is 12.4. The van der Waals surface area contributed by atoms with E-state index in [1.807, 2.05) is 13.0 Å². The Morgan fingerprint density at radius 2 is 2.04 bits per heavy atom. The lowest BCUT2D eigenvalue weighted by Gasteiger charge is -2.29. The van der Waals surface area contributed by atoms with Crippen molar-refractivity contribution in [2.24, 2.45) is 0 Å². The molecule has 1 fully saturated rings. The van der Waals surface area contributed by atoms with Gasteiger partial charge in [-0.3, -0.25) is 5.41 Å². The van der Waals surface area contributed by atoms with Crippen LogP contribution in [0.3, 0.4) is 0 Å². The van der Waals surface area contributed by atoms with Gasteiger partial charge >= 0.3 is 0 Å². The second-order valence-electron chi connectivity index (χ2n) is 5.93. The van der Waals surface area contributed by atoms with Crippen molar-refractivity contribution in [2.75, 3.05) is 30.5 Å². The van der Waals surface area contributed by atoms with Crippen molar-refractivity contribution in [3.05, 3.63) is 28.8 Å². The number of alkyl halides is 1. The van der Waals surface area contributed by atoms with E-state index in [0.29, 0.717) is 12.5 Å². The number of ether oxygens (including phenoxy) is 1. The van der Waals surface area contributed by atoms with Crippen molar-refractivity contribution in [3.63, 3.8) is 0 Å². The Kier molecular flexibility index (Phi) is 7.51. The zero-order valence-electron chi connectivity index (χ0n) is 13.8. The highest BCUT2D eigenvalue weighted by atomic mass is 35.5. The minimum atomic E-state index is -0.114. The fourth-order valence-corrected chi connectivity index (χ4v) is 3.57. The molecule has 0 aliphatic carbocycles. The zero-order chi connectivity index (χ0) is 16.7. The van der Waals surface area contributed by atoms with Gasteiger partial charge in [-0.2, -0.15) is 0 Å². The third kappa shape index (κ3) is 5.02. The molecule has 2 rings (SSSR count). The molecule has 0 radical (unpaired) electrons. The number of hydrogen-bond acceptors (Lipinski definition) is 3. The number of piperidine rings is 1.